The molecule has 1 aliphatic rings. The number of rotatable bonds is 5. The number of carbonyl (C=O) groups is 1. The molecule has 0 unspecified atom stereocenters. The van der Waals surface area contributed by atoms with E-state index in [1.165, 1.54) is 4.31 Å². The second-order valence-corrected chi connectivity index (χ2v) is 9.05. The van der Waals surface area contributed by atoms with E-state index in [1.807, 2.05) is 44.2 Å². The van der Waals surface area contributed by atoms with Crippen molar-refractivity contribution in [3.8, 4) is 0 Å². The van der Waals surface area contributed by atoms with Gasteiger partial charge in [-0.3, -0.25) is 4.79 Å². The summed E-state index contributed by atoms with van der Waals surface area (Å²) >= 11 is 0. The van der Waals surface area contributed by atoms with E-state index >= 15 is 0 Å². The lowest BCUT2D eigenvalue weighted by Crippen LogP contribution is -2.50. The maximum atomic E-state index is 12.8. The number of aryl methyl sites for hydroxylation is 1. The highest BCUT2D eigenvalue weighted by molar-refractivity contribution is 7.89. The molecule has 3 rings (SSSR count). The van der Waals surface area contributed by atoms with Crippen molar-refractivity contribution in [3.63, 3.8) is 0 Å². The Morgan fingerprint density at radius 1 is 0.963 bits per heavy atom. The molecule has 1 fully saturated rings. The van der Waals surface area contributed by atoms with E-state index in [9.17, 15) is 13.2 Å². The Kier molecular flexibility index (Phi) is 5.97. The summed E-state index contributed by atoms with van der Waals surface area (Å²) in [5.74, 6) is 0.228. The summed E-state index contributed by atoms with van der Waals surface area (Å²) in [5.41, 5.74) is 2.17. The zero-order chi connectivity index (χ0) is 19.4. The summed E-state index contributed by atoms with van der Waals surface area (Å²) in [4.78, 5) is 14.7. The highest BCUT2D eigenvalue weighted by atomic mass is 32.2. The molecule has 0 saturated carbocycles. The smallest absolute Gasteiger partial charge is 0.243 e. The summed E-state index contributed by atoms with van der Waals surface area (Å²) in [5, 5.41) is 0. The third-order valence-electron chi connectivity index (χ3n) is 5.10. The van der Waals surface area contributed by atoms with Crippen LogP contribution in [0.2, 0.25) is 0 Å². The molecule has 1 saturated heterocycles. The molecule has 2 aromatic rings. The Morgan fingerprint density at radius 2 is 1.56 bits per heavy atom. The molecular weight excluding hydrogens is 360 g/mol. The van der Waals surface area contributed by atoms with Gasteiger partial charge < -0.3 is 4.90 Å². The standard InChI is InChI=1S/C21H26N2O3S/c1-17-8-10-20(11-9-17)27(25,26)23-14-12-22(13-15-23)21(24)16-18(2)19-6-4-3-5-7-19/h3-11,18H,12-16H2,1-2H3/t18-/m0/s1. The third-order valence-corrected chi connectivity index (χ3v) is 7.01. The van der Waals surface area contributed by atoms with Crippen molar-refractivity contribution in [1.29, 1.82) is 0 Å². The lowest BCUT2D eigenvalue weighted by atomic mass is 9.97. The van der Waals surface area contributed by atoms with Gasteiger partial charge in [-0.05, 0) is 30.5 Å². The fraction of sp³-hybridized carbons (Fsp3) is 0.381. The number of piperazine rings is 1. The van der Waals surface area contributed by atoms with E-state index in [2.05, 4.69) is 0 Å². The van der Waals surface area contributed by atoms with Gasteiger partial charge in [0, 0.05) is 32.6 Å². The van der Waals surface area contributed by atoms with Crippen molar-refractivity contribution in [3.05, 3.63) is 65.7 Å². The first-order valence-corrected chi connectivity index (χ1v) is 10.7. The molecule has 0 spiro atoms. The highest BCUT2D eigenvalue weighted by Crippen LogP contribution is 2.22. The Labute approximate surface area is 161 Å². The molecule has 144 valence electrons. The average Bonchev–Trinajstić information content (AvgIpc) is 2.69. The third kappa shape index (κ3) is 4.57. The first-order chi connectivity index (χ1) is 12.9. The van der Waals surface area contributed by atoms with Gasteiger partial charge in [-0.15, -0.1) is 0 Å². The zero-order valence-electron chi connectivity index (χ0n) is 15.8. The fourth-order valence-corrected chi connectivity index (χ4v) is 4.75. The first-order valence-electron chi connectivity index (χ1n) is 9.27. The Bertz CT molecular complexity index is 871. The van der Waals surface area contributed by atoms with Crippen LogP contribution in [0.25, 0.3) is 0 Å². The van der Waals surface area contributed by atoms with Gasteiger partial charge in [0.25, 0.3) is 0 Å². The number of hydrogen-bond donors (Lipinski definition) is 0. The summed E-state index contributed by atoms with van der Waals surface area (Å²) in [6, 6.07) is 16.9. The molecule has 0 bridgehead atoms. The minimum atomic E-state index is -3.50. The normalized spacial score (nSPS) is 16.9. The lowest BCUT2D eigenvalue weighted by molar-refractivity contribution is -0.132. The molecule has 6 heteroatoms. The minimum Gasteiger partial charge on any atom is -0.340 e. The van der Waals surface area contributed by atoms with E-state index in [0.717, 1.165) is 11.1 Å². The van der Waals surface area contributed by atoms with E-state index in [1.54, 1.807) is 29.2 Å². The Hall–Kier alpha value is -2.18. The van der Waals surface area contributed by atoms with Crippen molar-refractivity contribution >= 4 is 15.9 Å². The predicted octanol–water partition coefficient (Wildman–Crippen LogP) is 3.02. The van der Waals surface area contributed by atoms with Gasteiger partial charge in [0.1, 0.15) is 0 Å². The maximum Gasteiger partial charge on any atom is 0.243 e. The average molecular weight is 387 g/mol. The van der Waals surface area contributed by atoms with Gasteiger partial charge in [0.05, 0.1) is 4.90 Å². The second-order valence-electron chi connectivity index (χ2n) is 7.11. The van der Waals surface area contributed by atoms with Crippen LogP contribution in [0.3, 0.4) is 0 Å². The Balaban J connectivity index is 1.58. The van der Waals surface area contributed by atoms with E-state index in [0.29, 0.717) is 37.5 Å². The minimum absolute atomic E-state index is 0.0822. The highest BCUT2D eigenvalue weighted by Gasteiger charge is 2.30. The molecule has 0 aromatic heterocycles. The number of carbonyl (C=O) groups excluding carboxylic acids is 1. The van der Waals surface area contributed by atoms with Crippen LogP contribution in [-0.4, -0.2) is 49.7 Å². The van der Waals surface area contributed by atoms with Crippen molar-refractivity contribution in [2.75, 3.05) is 26.2 Å². The fourth-order valence-electron chi connectivity index (χ4n) is 3.33. The van der Waals surface area contributed by atoms with E-state index in [-0.39, 0.29) is 11.8 Å². The van der Waals surface area contributed by atoms with Gasteiger partial charge >= 0.3 is 0 Å². The SMILES string of the molecule is Cc1ccc(S(=O)(=O)N2CCN(C(=O)C[C@H](C)c3ccccc3)CC2)cc1. The van der Waals surface area contributed by atoms with Crippen LogP contribution < -0.4 is 0 Å². The van der Waals surface area contributed by atoms with Gasteiger partial charge in [0.2, 0.25) is 15.9 Å². The van der Waals surface area contributed by atoms with Crippen molar-refractivity contribution in [2.45, 2.75) is 31.1 Å². The quantitative estimate of drug-likeness (QED) is 0.794. The molecule has 27 heavy (non-hydrogen) atoms. The second kappa shape index (κ2) is 8.23. The van der Waals surface area contributed by atoms with E-state index < -0.39 is 10.0 Å². The van der Waals surface area contributed by atoms with Crippen molar-refractivity contribution in [2.24, 2.45) is 0 Å². The summed E-state index contributed by atoms with van der Waals surface area (Å²) in [7, 11) is -3.50. The molecule has 1 atom stereocenters. The summed E-state index contributed by atoms with van der Waals surface area (Å²) in [6.07, 6.45) is 0.439. The summed E-state index contributed by atoms with van der Waals surface area (Å²) < 4.78 is 27.0. The number of hydrogen-bond acceptors (Lipinski definition) is 3. The van der Waals surface area contributed by atoms with Gasteiger partial charge in [0.15, 0.2) is 0 Å². The number of amides is 1. The molecule has 1 aliphatic heterocycles. The van der Waals surface area contributed by atoms with Crippen molar-refractivity contribution < 1.29 is 13.2 Å². The van der Waals surface area contributed by atoms with Crippen LogP contribution in [0.4, 0.5) is 0 Å². The van der Waals surface area contributed by atoms with Gasteiger partial charge in [-0.25, -0.2) is 8.42 Å². The molecule has 2 aromatic carbocycles. The van der Waals surface area contributed by atoms with Gasteiger partial charge in [-0.1, -0.05) is 55.0 Å². The Morgan fingerprint density at radius 3 is 2.15 bits per heavy atom. The molecule has 5 nitrogen and oxygen atoms in total. The largest absolute Gasteiger partial charge is 0.340 e. The van der Waals surface area contributed by atoms with Crippen LogP contribution in [0.1, 0.15) is 30.4 Å². The lowest BCUT2D eigenvalue weighted by Gasteiger charge is -2.34. The van der Waals surface area contributed by atoms with Crippen molar-refractivity contribution in [1.82, 2.24) is 9.21 Å². The van der Waals surface area contributed by atoms with Gasteiger partial charge in [-0.2, -0.15) is 4.31 Å². The number of nitrogens with zero attached hydrogens (tertiary/aromatic N) is 2. The number of sulfonamides is 1. The molecular formula is C21H26N2O3S. The molecule has 0 aliphatic carbocycles. The van der Waals surface area contributed by atoms with Crippen LogP contribution in [-0.2, 0) is 14.8 Å². The van der Waals surface area contributed by atoms with E-state index in [4.69, 9.17) is 0 Å². The van der Waals surface area contributed by atoms with Crippen LogP contribution in [0.15, 0.2) is 59.5 Å². The first kappa shape index (κ1) is 19.6. The summed E-state index contributed by atoms with van der Waals surface area (Å²) in [6.45, 7) is 5.52. The number of benzene rings is 2. The maximum absolute atomic E-state index is 12.8. The molecule has 0 N–H and O–H groups in total. The zero-order valence-corrected chi connectivity index (χ0v) is 16.7. The molecule has 0 radical (unpaired) electrons. The van der Waals surface area contributed by atoms with Crippen LogP contribution >= 0.6 is 0 Å². The van der Waals surface area contributed by atoms with Crippen LogP contribution in [0, 0.1) is 6.92 Å². The topological polar surface area (TPSA) is 57.7 Å². The van der Waals surface area contributed by atoms with Crippen LogP contribution in [0.5, 0.6) is 0 Å². The monoisotopic (exact) mass is 386 g/mol. The molecule has 1 amide bonds. The molecule has 1 heterocycles. The predicted molar refractivity (Wildman–Crippen MR) is 106 cm³/mol.